The van der Waals surface area contributed by atoms with Gasteiger partial charge >= 0.3 is 7.12 Å². The highest BCUT2D eigenvalue weighted by Gasteiger charge is 2.49. The van der Waals surface area contributed by atoms with Crippen molar-refractivity contribution < 1.29 is 18.1 Å². The van der Waals surface area contributed by atoms with Crippen molar-refractivity contribution in [2.45, 2.75) is 38.9 Å². The first kappa shape index (κ1) is 14.2. The van der Waals surface area contributed by atoms with Crippen LogP contribution in [-0.2, 0) is 9.31 Å². The summed E-state index contributed by atoms with van der Waals surface area (Å²) in [6.07, 6.45) is 2.28. The fourth-order valence-electron chi connectivity index (χ4n) is 1.70. The van der Waals surface area contributed by atoms with Crippen LogP contribution in [0.15, 0.2) is 18.2 Å². The highest BCUT2D eigenvalue weighted by molar-refractivity contribution is 6.52. The minimum atomic E-state index is -0.727. The van der Waals surface area contributed by atoms with Crippen molar-refractivity contribution in [3.05, 3.63) is 35.6 Å². The van der Waals surface area contributed by atoms with Gasteiger partial charge < -0.3 is 9.31 Å². The van der Waals surface area contributed by atoms with E-state index in [1.165, 1.54) is 6.08 Å². The molecule has 1 aliphatic rings. The third-order valence-electron chi connectivity index (χ3n) is 3.56. The molecule has 0 unspecified atom stereocenters. The molecule has 0 N–H and O–H groups in total. The zero-order valence-electron chi connectivity index (χ0n) is 11.4. The Kier molecular flexibility index (Phi) is 3.49. The van der Waals surface area contributed by atoms with Gasteiger partial charge in [-0.15, -0.1) is 0 Å². The van der Waals surface area contributed by atoms with Crippen molar-refractivity contribution in [1.82, 2.24) is 4.98 Å². The summed E-state index contributed by atoms with van der Waals surface area (Å²) in [5.74, 6) is 0.248. The van der Waals surface area contributed by atoms with Crippen LogP contribution >= 0.6 is 0 Å². The summed E-state index contributed by atoms with van der Waals surface area (Å²) in [6, 6.07) is 1.02. The molecule has 1 aliphatic heterocycles. The minimum absolute atomic E-state index is 0.113. The lowest BCUT2D eigenvalue weighted by Gasteiger charge is -2.32. The maximum absolute atomic E-state index is 13.4. The van der Waals surface area contributed by atoms with E-state index in [-0.39, 0.29) is 5.56 Å². The van der Waals surface area contributed by atoms with E-state index in [2.05, 4.69) is 4.98 Å². The molecule has 19 heavy (non-hydrogen) atoms. The van der Waals surface area contributed by atoms with Crippen molar-refractivity contribution >= 4 is 13.2 Å². The monoisotopic (exact) mass is 267 g/mol. The number of nitrogens with zero attached hydrogens (tertiary/aromatic N) is 1. The molecule has 3 nitrogen and oxygen atoms in total. The van der Waals surface area contributed by atoms with Gasteiger partial charge in [-0.25, -0.2) is 9.37 Å². The minimum Gasteiger partial charge on any atom is -0.400 e. The Hall–Kier alpha value is -1.27. The second-order valence-corrected chi connectivity index (χ2v) is 5.51. The average Bonchev–Trinajstić information content (AvgIpc) is 2.49. The largest absolute Gasteiger partial charge is 0.487 e. The molecule has 2 rings (SSSR count). The molecule has 0 amide bonds. The van der Waals surface area contributed by atoms with Gasteiger partial charge in [-0.2, -0.15) is 4.39 Å². The normalized spacial score (nSPS) is 21.3. The topological polar surface area (TPSA) is 31.4 Å². The Morgan fingerprint density at radius 1 is 1.16 bits per heavy atom. The van der Waals surface area contributed by atoms with Crippen molar-refractivity contribution in [3.63, 3.8) is 0 Å². The van der Waals surface area contributed by atoms with Crippen molar-refractivity contribution in [1.29, 1.82) is 0 Å². The third-order valence-corrected chi connectivity index (χ3v) is 3.56. The van der Waals surface area contributed by atoms with Crippen LogP contribution in [0.25, 0.3) is 6.08 Å². The average molecular weight is 267 g/mol. The van der Waals surface area contributed by atoms with Crippen molar-refractivity contribution in [2.75, 3.05) is 0 Å². The van der Waals surface area contributed by atoms with E-state index >= 15 is 0 Å². The van der Waals surface area contributed by atoms with Gasteiger partial charge in [0.05, 0.1) is 17.4 Å². The molecular weight excluding hydrogens is 251 g/mol. The molecule has 0 radical (unpaired) electrons. The Labute approximate surface area is 111 Å². The fourth-order valence-corrected chi connectivity index (χ4v) is 1.70. The Bertz CT molecular complexity index is 501. The van der Waals surface area contributed by atoms with Gasteiger partial charge in [0, 0.05) is 11.6 Å². The van der Waals surface area contributed by atoms with E-state index < -0.39 is 30.1 Å². The van der Waals surface area contributed by atoms with E-state index in [4.69, 9.17) is 9.31 Å². The van der Waals surface area contributed by atoms with Crippen LogP contribution in [0, 0.1) is 11.8 Å². The van der Waals surface area contributed by atoms with Gasteiger partial charge in [0.15, 0.2) is 0 Å². The van der Waals surface area contributed by atoms with Crippen LogP contribution in [0.3, 0.4) is 0 Å². The molecule has 6 heteroatoms. The Morgan fingerprint density at radius 3 is 2.32 bits per heavy atom. The first-order valence-corrected chi connectivity index (χ1v) is 6.06. The molecule has 0 aromatic carbocycles. The van der Waals surface area contributed by atoms with Gasteiger partial charge in [0.25, 0.3) is 0 Å². The number of hydrogen-bond acceptors (Lipinski definition) is 3. The van der Waals surface area contributed by atoms with E-state index in [1.807, 2.05) is 27.7 Å². The molecule has 1 fully saturated rings. The summed E-state index contributed by atoms with van der Waals surface area (Å²) in [7, 11) is -0.583. The summed E-state index contributed by atoms with van der Waals surface area (Å²) in [6.45, 7) is 7.70. The van der Waals surface area contributed by atoms with Crippen LogP contribution in [0.4, 0.5) is 8.78 Å². The van der Waals surface area contributed by atoms with Gasteiger partial charge in [-0.05, 0) is 27.7 Å². The predicted octanol–water partition coefficient (Wildman–Crippen LogP) is 3.00. The number of hydrogen-bond donors (Lipinski definition) is 0. The van der Waals surface area contributed by atoms with Crippen molar-refractivity contribution in [2.24, 2.45) is 0 Å². The molecule has 0 saturated carbocycles. The summed E-state index contributed by atoms with van der Waals surface area (Å²) < 4.78 is 37.7. The zero-order valence-corrected chi connectivity index (χ0v) is 11.4. The maximum atomic E-state index is 13.4. The number of aromatic nitrogens is 1. The predicted molar refractivity (Wildman–Crippen MR) is 69.3 cm³/mol. The quantitative estimate of drug-likeness (QED) is 0.609. The number of pyridine rings is 1. The second-order valence-electron chi connectivity index (χ2n) is 5.51. The van der Waals surface area contributed by atoms with Crippen LogP contribution in [0.1, 0.15) is 33.3 Å². The molecular formula is C13H16BF2NO2. The molecule has 0 bridgehead atoms. The van der Waals surface area contributed by atoms with E-state index in [1.54, 1.807) is 5.98 Å². The highest BCUT2D eigenvalue weighted by Crippen LogP contribution is 2.37. The Morgan fingerprint density at radius 2 is 1.74 bits per heavy atom. The standard InChI is InChI=1S/C13H16BF2NO2/c1-12(2)13(3,4)19-14(18-12)6-5-9-7-11(16)17-8-10(9)15/h5-8H,1-4H3/b6-5+. The van der Waals surface area contributed by atoms with Crippen LogP contribution < -0.4 is 0 Å². The van der Waals surface area contributed by atoms with Crippen LogP contribution in [0.2, 0.25) is 0 Å². The van der Waals surface area contributed by atoms with Gasteiger partial charge in [-0.1, -0.05) is 12.1 Å². The number of halogens is 2. The fraction of sp³-hybridized carbons (Fsp3) is 0.462. The lowest BCUT2D eigenvalue weighted by Crippen LogP contribution is -2.41. The molecule has 0 atom stereocenters. The molecule has 1 aromatic heterocycles. The smallest absolute Gasteiger partial charge is 0.400 e. The second kappa shape index (κ2) is 4.69. The molecule has 0 spiro atoms. The SMILES string of the molecule is CC1(C)OB(/C=C/c2cc(F)ncc2F)OC1(C)C. The van der Waals surface area contributed by atoms with Crippen LogP contribution in [-0.4, -0.2) is 23.3 Å². The van der Waals surface area contributed by atoms with Gasteiger partial charge in [0.1, 0.15) is 5.82 Å². The summed E-state index contributed by atoms with van der Waals surface area (Å²) in [5, 5.41) is 0. The van der Waals surface area contributed by atoms with E-state index in [0.717, 1.165) is 12.3 Å². The molecule has 0 aliphatic carbocycles. The van der Waals surface area contributed by atoms with Gasteiger partial charge in [0.2, 0.25) is 5.95 Å². The lowest BCUT2D eigenvalue weighted by atomic mass is 9.89. The van der Waals surface area contributed by atoms with Crippen LogP contribution in [0.5, 0.6) is 0 Å². The molecule has 102 valence electrons. The van der Waals surface area contributed by atoms with Crippen molar-refractivity contribution in [3.8, 4) is 0 Å². The molecule has 2 heterocycles. The summed E-state index contributed by atoms with van der Waals surface area (Å²) in [5.41, 5.74) is -0.795. The molecule has 1 saturated heterocycles. The van der Waals surface area contributed by atoms with Gasteiger partial charge in [-0.3, -0.25) is 0 Å². The highest BCUT2D eigenvalue weighted by atomic mass is 19.1. The summed E-state index contributed by atoms with van der Waals surface area (Å²) >= 11 is 0. The summed E-state index contributed by atoms with van der Waals surface area (Å²) in [4.78, 5) is 3.23. The zero-order chi connectivity index (χ0) is 14.3. The number of rotatable bonds is 2. The lowest BCUT2D eigenvalue weighted by molar-refractivity contribution is 0.00578. The maximum Gasteiger partial charge on any atom is 0.487 e. The third kappa shape index (κ3) is 2.85. The Balaban J connectivity index is 2.15. The molecule has 1 aromatic rings. The van der Waals surface area contributed by atoms with E-state index in [0.29, 0.717) is 0 Å². The first-order chi connectivity index (χ1) is 8.71. The first-order valence-electron chi connectivity index (χ1n) is 6.06. The van der Waals surface area contributed by atoms with E-state index in [9.17, 15) is 8.78 Å².